The maximum absolute atomic E-state index is 4.17. The molecule has 0 radical (unpaired) electrons. The van der Waals surface area contributed by atoms with Crippen LogP contribution in [0.1, 0.15) is 0 Å². The van der Waals surface area contributed by atoms with E-state index in [0.717, 1.165) is 10.9 Å². The predicted molar refractivity (Wildman–Crippen MR) is 48.8 cm³/mol. The van der Waals surface area contributed by atoms with E-state index in [1.54, 1.807) is 10.9 Å². The van der Waals surface area contributed by atoms with Gasteiger partial charge >= 0.3 is 0 Å². The lowest BCUT2D eigenvalue weighted by Gasteiger charge is -1.94. The molecule has 3 aromatic rings. The molecule has 1 aromatic carbocycles. The standard InChI is InChI=1S/C8H6N6/c1-2-4-7-6(3-1)5-9-14(7)8-10-12-13-11-8/h1-5H,(H,10,11,12,13). The smallest absolute Gasteiger partial charge is 0.196 e. The summed E-state index contributed by atoms with van der Waals surface area (Å²) in [5.74, 6) is 0.450. The number of tetrazole rings is 1. The van der Waals surface area contributed by atoms with Gasteiger partial charge in [0.2, 0.25) is 0 Å². The maximum Gasteiger partial charge on any atom is 0.290 e. The summed E-state index contributed by atoms with van der Waals surface area (Å²) in [5, 5.41) is 18.8. The van der Waals surface area contributed by atoms with E-state index in [4.69, 9.17) is 0 Å². The van der Waals surface area contributed by atoms with Crippen LogP contribution in [-0.2, 0) is 0 Å². The molecule has 0 unspecified atom stereocenters. The number of H-pyrrole nitrogens is 1. The minimum Gasteiger partial charge on any atom is -0.196 e. The van der Waals surface area contributed by atoms with Crippen LogP contribution >= 0.6 is 0 Å². The number of hydrogen-bond donors (Lipinski definition) is 1. The van der Waals surface area contributed by atoms with Gasteiger partial charge in [0.15, 0.2) is 0 Å². The van der Waals surface area contributed by atoms with Crippen molar-refractivity contribution in [2.45, 2.75) is 0 Å². The normalized spacial score (nSPS) is 10.9. The Kier molecular flexibility index (Phi) is 1.35. The van der Waals surface area contributed by atoms with Gasteiger partial charge in [0.05, 0.1) is 11.7 Å². The largest absolute Gasteiger partial charge is 0.290 e. The fraction of sp³-hybridized carbons (Fsp3) is 0. The van der Waals surface area contributed by atoms with E-state index in [1.165, 1.54) is 0 Å². The van der Waals surface area contributed by atoms with E-state index < -0.39 is 0 Å². The van der Waals surface area contributed by atoms with Gasteiger partial charge in [0.25, 0.3) is 5.95 Å². The van der Waals surface area contributed by atoms with Gasteiger partial charge in [-0.15, -0.1) is 5.10 Å². The average Bonchev–Trinajstić information content (AvgIpc) is 2.85. The van der Waals surface area contributed by atoms with Gasteiger partial charge < -0.3 is 0 Å². The number of rotatable bonds is 1. The lowest BCUT2D eigenvalue weighted by atomic mass is 10.3. The highest BCUT2D eigenvalue weighted by Crippen LogP contribution is 2.14. The number of aromatic amines is 1. The topological polar surface area (TPSA) is 72.3 Å². The van der Waals surface area contributed by atoms with Crippen LogP contribution in [0.15, 0.2) is 30.5 Å². The molecule has 2 heterocycles. The first kappa shape index (κ1) is 7.19. The Bertz CT molecular complexity index is 552. The highest BCUT2D eigenvalue weighted by Gasteiger charge is 2.06. The number of fused-ring (bicyclic) bond motifs is 1. The summed E-state index contributed by atoms with van der Waals surface area (Å²) in [7, 11) is 0. The summed E-state index contributed by atoms with van der Waals surface area (Å²) in [5.41, 5.74) is 0.967. The molecule has 0 aliphatic carbocycles. The molecule has 0 spiro atoms. The van der Waals surface area contributed by atoms with Gasteiger partial charge in [0, 0.05) is 5.39 Å². The van der Waals surface area contributed by atoms with Crippen LogP contribution in [0.25, 0.3) is 16.9 Å². The number of hydrogen-bond acceptors (Lipinski definition) is 4. The van der Waals surface area contributed by atoms with E-state index in [2.05, 4.69) is 25.7 Å². The molecule has 6 nitrogen and oxygen atoms in total. The minimum absolute atomic E-state index is 0.450. The summed E-state index contributed by atoms with van der Waals surface area (Å²) in [6.07, 6.45) is 1.77. The van der Waals surface area contributed by atoms with E-state index in [0.29, 0.717) is 5.95 Å². The average molecular weight is 186 g/mol. The molecular formula is C8H6N6. The molecule has 0 saturated carbocycles. The molecule has 0 bridgehead atoms. The third kappa shape index (κ3) is 0.905. The first-order chi connectivity index (χ1) is 6.95. The molecule has 0 aliphatic heterocycles. The van der Waals surface area contributed by atoms with Crippen molar-refractivity contribution >= 4 is 10.9 Å². The molecule has 0 atom stereocenters. The van der Waals surface area contributed by atoms with E-state index in [9.17, 15) is 0 Å². The highest BCUT2D eigenvalue weighted by atomic mass is 15.5. The molecule has 1 N–H and O–H groups in total. The Hall–Kier alpha value is -2.24. The first-order valence-corrected chi connectivity index (χ1v) is 4.12. The van der Waals surface area contributed by atoms with E-state index >= 15 is 0 Å². The molecular weight excluding hydrogens is 180 g/mol. The molecule has 0 fully saturated rings. The summed E-state index contributed by atoms with van der Waals surface area (Å²) in [6.45, 7) is 0. The third-order valence-corrected chi connectivity index (χ3v) is 2.00. The quantitative estimate of drug-likeness (QED) is 0.602. The van der Waals surface area contributed by atoms with Crippen molar-refractivity contribution in [3.8, 4) is 5.95 Å². The van der Waals surface area contributed by atoms with Gasteiger partial charge in [-0.3, -0.25) is 0 Å². The van der Waals surface area contributed by atoms with Crippen molar-refractivity contribution in [3.63, 3.8) is 0 Å². The summed E-state index contributed by atoms with van der Waals surface area (Å²) in [4.78, 5) is 0. The number of para-hydroxylation sites is 1. The second-order valence-electron chi connectivity index (χ2n) is 2.83. The Morgan fingerprint density at radius 1 is 1.21 bits per heavy atom. The maximum atomic E-state index is 4.17. The number of nitrogens with one attached hydrogen (secondary N) is 1. The number of aromatic nitrogens is 6. The Morgan fingerprint density at radius 2 is 2.14 bits per heavy atom. The van der Waals surface area contributed by atoms with Crippen molar-refractivity contribution in [2.75, 3.05) is 0 Å². The van der Waals surface area contributed by atoms with Crippen LogP contribution in [0.2, 0.25) is 0 Å². The lowest BCUT2D eigenvalue weighted by molar-refractivity contribution is 0.837. The lowest BCUT2D eigenvalue weighted by Crippen LogP contribution is -1.98. The zero-order valence-electron chi connectivity index (χ0n) is 7.12. The van der Waals surface area contributed by atoms with Gasteiger partial charge in [0.1, 0.15) is 0 Å². The van der Waals surface area contributed by atoms with Crippen molar-refractivity contribution < 1.29 is 0 Å². The van der Waals surface area contributed by atoms with E-state index in [-0.39, 0.29) is 0 Å². The Labute approximate surface area is 78.6 Å². The molecule has 14 heavy (non-hydrogen) atoms. The Balaban J connectivity index is 2.33. The van der Waals surface area contributed by atoms with Gasteiger partial charge in [-0.05, 0) is 11.3 Å². The van der Waals surface area contributed by atoms with Gasteiger partial charge in [-0.1, -0.05) is 23.3 Å². The minimum atomic E-state index is 0.450. The molecule has 6 heteroatoms. The number of benzene rings is 1. The predicted octanol–water partition coefficient (Wildman–Crippen LogP) is 0.539. The first-order valence-electron chi connectivity index (χ1n) is 4.12. The molecule has 2 aromatic heterocycles. The van der Waals surface area contributed by atoms with Crippen molar-refractivity contribution in [2.24, 2.45) is 0 Å². The summed E-state index contributed by atoms with van der Waals surface area (Å²) in [6, 6.07) is 7.85. The summed E-state index contributed by atoms with van der Waals surface area (Å²) >= 11 is 0. The van der Waals surface area contributed by atoms with Crippen LogP contribution < -0.4 is 0 Å². The monoisotopic (exact) mass is 186 g/mol. The van der Waals surface area contributed by atoms with Gasteiger partial charge in [-0.25, -0.2) is 0 Å². The zero-order chi connectivity index (χ0) is 9.38. The molecule has 3 rings (SSSR count). The molecule has 68 valence electrons. The second-order valence-corrected chi connectivity index (χ2v) is 2.83. The van der Waals surface area contributed by atoms with Crippen LogP contribution in [0, 0.1) is 0 Å². The number of nitrogens with zero attached hydrogens (tertiary/aromatic N) is 5. The summed E-state index contributed by atoms with van der Waals surface area (Å²) < 4.78 is 1.64. The fourth-order valence-electron chi connectivity index (χ4n) is 1.38. The SMILES string of the molecule is c1ccc2c(c1)cnn2-c1nn[nH]n1. The van der Waals surface area contributed by atoms with E-state index in [1.807, 2.05) is 24.3 Å². The van der Waals surface area contributed by atoms with Gasteiger partial charge in [-0.2, -0.15) is 15.0 Å². The van der Waals surface area contributed by atoms with Crippen LogP contribution in [0.4, 0.5) is 0 Å². The van der Waals surface area contributed by atoms with Crippen LogP contribution in [-0.4, -0.2) is 30.4 Å². The second kappa shape index (κ2) is 2.63. The third-order valence-electron chi connectivity index (χ3n) is 2.00. The molecule has 0 amide bonds. The Morgan fingerprint density at radius 3 is 3.00 bits per heavy atom. The van der Waals surface area contributed by atoms with Crippen molar-refractivity contribution in [1.82, 2.24) is 30.4 Å². The fourth-order valence-corrected chi connectivity index (χ4v) is 1.38. The van der Waals surface area contributed by atoms with Crippen LogP contribution in [0.5, 0.6) is 0 Å². The van der Waals surface area contributed by atoms with Crippen molar-refractivity contribution in [3.05, 3.63) is 30.5 Å². The van der Waals surface area contributed by atoms with Crippen LogP contribution in [0.3, 0.4) is 0 Å². The highest BCUT2D eigenvalue weighted by molar-refractivity contribution is 5.79. The molecule has 0 saturated heterocycles. The zero-order valence-corrected chi connectivity index (χ0v) is 7.12. The van der Waals surface area contributed by atoms with Crippen molar-refractivity contribution in [1.29, 1.82) is 0 Å². The molecule has 0 aliphatic rings.